The van der Waals surface area contributed by atoms with Crippen LogP contribution in [0.4, 0.5) is 10.5 Å². The predicted molar refractivity (Wildman–Crippen MR) is 225 cm³/mol. The van der Waals surface area contributed by atoms with E-state index in [9.17, 15) is 29.4 Å². The number of carbonyl (C=O) groups excluding carboxylic acids is 4. The second-order valence-corrected chi connectivity index (χ2v) is 16.0. The molecular formula is C36H32I4N4Na2O7. The zero-order chi connectivity index (χ0) is 37.4. The van der Waals surface area contributed by atoms with Crippen LogP contribution in [0.2, 0.25) is 0 Å². The van der Waals surface area contributed by atoms with E-state index in [0.29, 0.717) is 81.5 Å². The number of carboxylic acid groups (broad SMARTS) is 1. The van der Waals surface area contributed by atoms with Crippen molar-refractivity contribution in [3.05, 3.63) is 115 Å². The number of carboxylic acids is 1. The molecule has 1 aliphatic carbocycles. The van der Waals surface area contributed by atoms with Gasteiger partial charge in [0.15, 0.2) is 0 Å². The molecule has 1 atom stereocenters. The van der Waals surface area contributed by atoms with Crippen molar-refractivity contribution in [1.82, 2.24) is 9.80 Å². The molecule has 1 aliphatic heterocycles. The Labute approximate surface area is 406 Å². The maximum atomic E-state index is 12.4. The largest absolute Gasteiger partial charge is 1.00 e. The van der Waals surface area contributed by atoms with E-state index < -0.39 is 12.0 Å². The van der Waals surface area contributed by atoms with Crippen molar-refractivity contribution in [1.29, 1.82) is 0 Å². The normalized spacial score (nSPS) is 14.3. The summed E-state index contributed by atoms with van der Waals surface area (Å²) < 4.78 is 7.10. The molecule has 0 aromatic heterocycles. The number of hydrogen-bond acceptors (Lipinski definition) is 9. The fourth-order valence-electron chi connectivity index (χ4n) is 5.39. The number of rotatable bonds is 7. The number of Topliss-reactive ketones (excluding diaryl/α,β-unsaturated/α-hetero) is 1. The number of anilines is 1. The molecule has 11 nitrogen and oxygen atoms in total. The van der Waals surface area contributed by atoms with Gasteiger partial charge in [-0.25, -0.2) is 4.79 Å². The number of nitrogen functional groups attached to an aromatic ring is 1. The first-order valence-corrected chi connectivity index (χ1v) is 19.8. The minimum atomic E-state index is -1.29. The van der Waals surface area contributed by atoms with Crippen molar-refractivity contribution in [3.63, 3.8) is 0 Å². The summed E-state index contributed by atoms with van der Waals surface area (Å²) in [6, 6.07) is 16.8. The maximum absolute atomic E-state index is 12.4. The first-order valence-electron chi connectivity index (χ1n) is 15.5. The molecule has 3 aromatic carbocycles. The molecule has 268 valence electrons. The van der Waals surface area contributed by atoms with Crippen molar-refractivity contribution < 1.29 is 93.2 Å². The number of nitrogens with zero attached hydrogens (tertiary/aromatic N) is 2. The molecule has 0 unspecified atom stereocenters. The van der Waals surface area contributed by atoms with Crippen LogP contribution in [-0.2, 0) is 20.7 Å². The smallest absolute Gasteiger partial charge is 0.871 e. The molecule has 5 rings (SSSR count). The van der Waals surface area contributed by atoms with Crippen LogP contribution in [0.25, 0.3) is 5.57 Å². The van der Waals surface area contributed by atoms with Gasteiger partial charge in [-0.3, -0.25) is 9.59 Å². The van der Waals surface area contributed by atoms with Crippen LogP contribution in [0, 0.1) is 7.14 Å². The van der Waals surface area contributed by atoms with Crippen molar-refractivity contribution in [2.75, 3.05) is 38.5 Å². The number of amides is 2. The molecule has 0 saturated carbocycles. The number of nitrogens with two attached hydrogens (primary N) is 2. The maximum Gasteiger partial charge on any atom is 1.00 e. The molecule has 1 fully saturated rings. The summed E-state index contributed by atoms with van der Waals surface area (Å²) in [6.07, 6.45) is 3.58. The molecule has 0 spiro atoms. The van der Waals surface area contributed by atoms with Gasteiger partial charge in [0.25, 0.3) is 0 Å². The third-order valence-electron chi connectivity index (χ3n) is 7.83. The van der Waals surface area contributed by atoms with Crippen molar-refractivity contribution >= 4 is 125 Å². The average Bonchev–Trinajstić information content (AvgIpc) is 3.10. The summed E-state index contributed by atoms with van der Waals surface area (Å²) in [5.41, 5.74) is 15.9. The number of hydrogen-bond donors (Lipinski definition) is 2. The minimum absolute atomic E-state index is 0. The van der Waals surface area contributed by atoms with E-state index in [1.165, 1.54) is 6.07 Å². The van der Waals surface area contributed by atoms with Gasteiger partial charge in [-0.2, -0.15) is 0 Å². The zero-order valence-electron chi connectivity index (χ0n) is 29.2. The monoisotopic (exact) mass is 1190 g/mol. The van der Waals surface area contributed by atoms with E-state index in [2.05, 4.69) is 0 Å². The van der Waals surface area contributed by atoms with E-state index in [-0.39, 0.29) is 88.2 Å². The topological polar surface area (TPSA) is 182 Å². The van der Waals surface area contributed by atoms with Gasteiger partial charge in [0.05, 0.1) is 25.8 Å². The first kappa shape index (κ1) is 48.4. The summed E-state index contributed by atoms with van der Waals surface area (Å²) in [6.45, 7) is 4.01. The van der Waals surface area contributed by atoms with Crippen LogP contribution in [-0.4, -0.2) is 72.4 Å². The minimum Gasteiger partial charge on any atom is -0.871 e. The van der Waals surface area contributed by atoms with Crippen LogP contribution >= 0.6 is 90.4 Å². The Morgan fingerprint density at radius 2 is 1.40 bits per heavy atom. The van der Waals surface area contributed by atoms with Crippen LogP contribution in [0.5, 0.6) is 5.75 Å². The zero-order valence-corrected chi connectivity index (χ0v) is 41.8. The van der Waals surface area contributed by atoms with Gasteiger partial charge in [-0.15, -0.1) is 0 Å². The second kappa shape index (κ2) is 22.8. The molecule has 1 saturated heterocycles. The van der Waals surface area contributed by atoms with Gasteiger partial charge >= 0.3 is 65.2 Å². The molecule has 53 heavy (non-hydrogen) atoms. The molecule has 2 aliphatic rings. The van der Waals surface area contributed by atoms with Gasteiger partial charge in [0, 0.05) is 44.6 Å². The van der Waals surface area contributed by atoms with Crippen molar-refractivity contribution in [2.45, 2.75) is 19.4 Å². The van der Waals surface area contributed by atoms with Crippen LogP contribution < -0.4 is 80.8 Å². The van der Waals surface area contributed by atoms with Crippen molar-refractivity contribution in [2.24, 2.45) is 5.73 Å². The quantitative estimate of drug-likeness (QED) is 0.167. The third-order valence-corrected chi connectivity index (χ3v) is 11.0. The number of piperazine rings is 1. The fourth-order valence-corrected chi connectivity index (χ4v) is 8.92. The van der Waals surface area contributed by atoms with Gasteiger partial charge in [0.2, 0.25) is 11.7 Å². The molecule has 17 heteroatoms. The molecule has 0 bridgehead atoms. The van der Waals surface area contributed by atoms with Gasteiger partial charge in [-0.05, 0) is 168 Å². The standard InChI is InChI=1S/C20H10I4O4.C16H24N4O3.2Na/c21-13-5-9(6-14(22)18(13)25)17(10-7-15(23)19(26)16(24)8-10)11-3-1-2-4-12(11)20(27)28;1-2-23-16(22)20-8-6-19(7-9-20)15(21)14(18)11-12-4-3-5-13(17)10-12;;/h1-8,25H,(H,27,28);3-5,10,14H,2,6-9,11,17-18H2,1H3;;/q;;2*+1/p-2/t;14-;;/m.0../s1. The Hall–Kier alpha value is -0.760. The Balaban J connectivity index is 0.000000360. The number of allylic oxidation sites excluding steroid dienone is 5. The van der Waals surface area contributed by atoms with Gasteiger partial charge < -0.3 is 41.0 Å². The van der Waals surface area contributed by atoms with E-state index in [1.54, 1.807) is 65.3 Å². The number of halogens is 4. The van der Waals surface area contributed by atoms with Crippen molar-refractivity contribution in [3.8, 4) is 5.75 Å². The average molecular weight is 1190 g/mol. The third kappa shape index (κ3) is 13.1. The van der Waals surface area contributed by atoms with Crippen LogP contribution in [0.15, 0.2) is 85.5 Å². The Kier molecular flexibility index (Phi) is 20.9. The van der Waals surface area contributed by atoms with E-state index >= 15 is 0 Å². The van der Waals surface area contributed by atoms with Crippen LogP contribution in [0.1, 0.15) is 34.0 Å². The van der Waals surface area contributed by atoms with E-state index in [0.717, 1.165) is 5.56 Å². The summed E-state index contributed by atoms with van der Waals surface area (Å²) in [5.74, 6) is -1.54. The van der Waals surface area contributed by atoms with Gasteiger partial charge in [-0.1, -0.05) is 42.1 Å². The molecule has 2 amide bonds. The molecular weight excluding hydrogens is 1150 g/mol. The molecule has 4 N–H and O–H groups in total. The number of ether oxygens (including phenoxy) is 1. The molecule has 0 radical (unpaired) electrons. The fraction of sp³-hybridized carbons (Fsp3) is 0.222. The van der Waals surface area contributed by atoms with E-state index in [1.807, 2.05) is 109 Å². The summed E-state index contributed by atoms with van der Waals surface area (Å²) >= 11 is 7.90. The summed E-state index contributed by atoms with van der Waals surface area (Å²) in [5, 5.41) is 23.9. The first-order chi connectivity index (χ1) is 24.2. The molecule has 1 heterocycles. The summed E-state index contributed by atoms with van der Waals surface area (Å²) in [7, 11) is 0. The number of ketones is 1. The number of carbonyl (C=O) groups is 4. The number of benzene rings is 3. The van der Waals surface area contributed by atoms with Gasteiger partial charge in [0.1, 0.15) is 0 Å². The predicted octanol–water partition coefficient (Wildman–Crippen LogP) is -1.20. The van der Waals surface area contributed by atoms with E-state index in [4.69, 9.17) is 16.2 Å². The molecule has 3 aromatic rings. The second-order valence-electron chi connectivity index (χ2n) is 11.3. The van der Waals surface area contributed by atoms with Crippen LogP contribution in [0.3, 0.4) is 0 Å². The summed E-state index contributed by atoms with van der Waals surface area (Å²) in [4.78, 5) is 51.3. The number of aromatic carboxylic acids is 1. The SMILES string of the molecule is CCOC(=O)N1CCN(C(=O)[C@@H](N)Cc2cccc(N)c2)CC1.O=C1C(I)=CC(=C(c2cc(I)c([O-])c(I)c2)c2ccccc2C(=O)[O-])C=C1I.[Na+].[Na+]. The Morgan fingerprint density at radius 3 is 1.92 bits per heavy atom. The Bertz CT molecular complexity index is 1900. The Morgan fingerprint density at radius 1 is 0.849 bits per heavy atom.